The Bertz CT molecular complexity index is 432. The van der Waals surface area contributed by atoms with Gasteiger partial charge < -0.3 is 0 Å². The minimum Gasteiger partial charge on any atom is -0.268 e. The molecule has 1 aromatic rings. The van der Waals surface area contributed by atoms with Gasteiger partial charge >= 0.3 is 13.7 Å². The largest absolute Gasteiger partial charge is 0.411 e. The molecule has 1 N–H and O–H groups in total. The Morgan fingerprint density at radius 3 is 2.53 bits per heavy atom. The van der Waals surface area contributed by atoms with Crippen LogP contribution in [0.25, 0.3) is 0 Å². The molecule has 0 aliphatic rings. The molecule has 1 atom stereocenters. The first-order valence-electron chi connectivity index (χ1n) is 4.64. The summed E-state index contributed by atoms with van der Waals surface area (Å²) in [5, 5.41) is 2.98. The number of hydrogen-bond donors (Lipinski definition) is 1. The van der Waals surface area contributed by atoms with E-state index in [9.17, 15) is 13.8 Å². The van der Waals surface area contributed by atoms with Gasteiger partial charge in [0.15, 0.2) is 0 Å². The number of nitrogens with zero attached hydrogens (tertiary/aromatic N) is 1. The first kappa shape index (κ1) is 14.2. The van der Waals surface area contributed by atoms with Gasteiger partial charge in [-0.2, -0.15) is 0 Å². The van der Waals surface area contributed by atoms with Crippen LogP contribution in [0, 0.1) is 0 Å². The number of halogens is 1. The average molecular weight is 278 g/mol. The predicted octanol–water partition coefficient (Wildman–Crippen LogP) is 2.33. The average Bonchev–Trinajstić information content (AvgIpc) is 2.36. The molecular weight excluding hydrogens is 266 g/mol. The molecule has 8 heteroatoms. The topological polar surface area (TPSA) is 58.6 Å². The zero-order valence-corrected chi connectivity index (χ0v) is 11.0. The van der Waals surface area contributed by atoms with Crippen molar-refractivity contribution < 1.29 is 17.7 Å². The molecule has 0 heterocycles. The third-order valence-corrected chi connectivity index (χ3v) is 4.93. The van der Waals surface area contributed by atoms with Gasteiger partial charge in [-0.3, -0.25) is 4.57 Å². The molecule has 0 fully saturated rings. The molecule has 1 rings (SSSR count). The zero-order chi connectivity index (χ0) is 12.9. The van der Waals surface area contributed by atoms with E-state index in [1.54, 1.807) is 30.3 Å². The summed E-state index contributed by atoms with van der Waals surface area (Å²) in [5.74, 6) is 0. The lowest BCUT2D eigenvalue weighted by atomic mass is 10.4. The van der Waals surface area contributed by atoms with Gasteiger partial charge in [0, 0.05) is 7.05 Å². The van der Waals surface area contributed by atoms with Crippen LogP contribution in [0.4, 0.5) is 9.18 Å². The molecule has 17 heavy (non-hydrogen) atoms. The maximum Gasteiger partial charge on any atom is 0.411 e. The molecule has 0 aliphatic heterocycles. The van der Waals surface area contributed by atoms with E-state index in [0.717, 1.165) is 0 Å². The van der Waals surface area contributed by atoms with Crippen molar-refractivity contribution in [1.82, 2.24) is 9.39 Å². The molecule has 5 nitrogen and oxygen atoms in total. The quantitative estimate of drug-likeness (QED) is 0.294. The highest BCUT2D eigenvalue weighted by Gasteiger charge is 2.26. The van der Waals surface area contributed by atoms with Crippen LogP contribution in [0.2, 0.25) is 0 Å². The number of rotatable bonds is 5. The highest BCUT2D eigenvalue weighted by Crippen LogP contribution is 2.45. The molecule has 0 spiro atoms. The second-order valence-electron chi connectivity index (χ2n) is 3.01. The third-order valence-electron chi connectivity index (χ3n) is 1.89. The molecule has 0 saturated carbocycles. The monoisotopic (exact) mass is 278 g/mol. The summed E-state index contributed by atoms with van der Waals surface area (Å²) in [7, 11) is -0.651. The van der Waals surface area contributed by atoms with E-state index in [4.69, 9.17) is 3.97 Å². The molecule has 94 valence electrons. The van der Waals surface area contributed by atoms with Gasteiger partial charge in [0.05, 0.1) is 5.30 Å². The third kappa shape index (κ3) is 3.81. The van der Waals surface area contributed by atoms with Crippen LogP contribution >= 0.6 is 19.7 Å². The van der Waals surface area contributed by atoms with Gasteiger partial charge in [0.2, 0.25) is 0 Å². The highest BCUT2D eigenvalue weighted by atomic mass is 32.2. The number of hydrogen-bond acceptors (Lipinski definition) is 4. The van der Waals surface area contributed by atoms with Crippen LogP contribution in [0.5, 0.6) is 0 Å². The fraction of sp³-hybridized carbons (Fsp3) is 0.222. The van der Waals surface area contributed by atoms with Gasteiger partial charge in [-0.05, 0) is 19.2 Å². The molecule has 1 amide bonds. The molecule has 0 saturated heterocycles. The number of nitrogens with one attached hydrogen (secondary N) is 1. The van der Waals surface area contributed by atoms with Crippen molar-refractivity contribution in [1.29, 1.82) is 0 Å². The van der Waals surface area contributed by atoms with E-state index < -0.39 is 13.7 Å². The molecule has 0 aromatic heterocycles. The minimum absolute atomic E-state index is 0.394. The van der Waals surface area contributed by atoms with Crippen molar-refractivity contribution in [2.24, 2.45) is 0 Å². The van der Waals surface area contributed by atoms with Crippen LogP contribution in [0.15, 0.2) is 30.3 Å². The predicted molar refractivity (Wildman–Crippen MR) is 65.7 cm³/mol. The number of amides is 1. The highest BCUT2D eigenvalue weighted by molar-refractivity contribution is 7.97. The second-order valence-corrected chi connectivity index (χ2v) is 6.37. The van der Waals surface area contributed by atoms with Gasteiger partial charge in [-0.15, -0.1) is 4.39 Å². The summed E-state index contributed by atoms with van der Waals surface area (Å²) in [6.07, 6.45) is -1.68. The summed E-state index contributed by atoms with van der Waals surface area (Å²) in [5.41, 5.74) is 0. The summed E-state index contributed by atoms with van der Waals surface area (Å²) >= 11 is 0.394. The maximum absolute atomic E-state index is 12.3. The lowest BCUT2D eigenvalue weighted by Crippen LogP contribution is -2.19. The van der Waals surface area contributed by atoms with Gasteiger partial charge in [-0.25, -0.2) is 18.2 Å². The summed E-state index contributed by atoms with van der Waals surface area (Å²) < 4.78 is 30.2. The van der Waals surface area contributed by atoms with Crippen molar-refractivity contribution in [3.63, 3.8) is 0 Å². The van der Waals surface area contributed by atoms with Crippen molar-refractivity contribution in [3.8, 4) is 0 Å². The van der Waals surface area contributed by atoms with Crippen LogP contribution in [-0.2, 0) is 8.54 Å². The van der Waals surface area contributed by atoms with E-state index >= 15 is 0 Å². The Morgan fingerprint density at radius 2 is 2.06 bits per heavy atom. The van der Waals surface area contributed by atoms with Gasteiger partial charge in [0.1, 0.15) is 12.2 Å². The summed E-state index contributed by atoms with van der Waals surface area (Å²) in [6.45, 7) is 0. The first-order valence-corrected chi connectivity index (χ1v) is 6.96. The molecule has 1 aromatic carbocycles. The second kappa shape index (κ2) is 6.16. The van der Waals surface area contributed by atoms with E-state index in [1.807, 2.05) is 0 Å². The fourth-order valence-electron chi connectivity index (χ4n) is 0.960. The number of carbonyl (C=O) groups is 1. The molecule has 0 bridgehead atoms. The Morgan fingerprint density at radius 1 is 1.47 bits per heavy atom. The minimum atomic E-state index is -3.29. The van der Waals surface area contributed by atoms with Crippen molar-refractivity contribution in [2.75, 3.05) is 14.1 Å². The van der Waals surface area contributed by atoms with Crippen LogP contribution in [-0.4, -0.2) is 24.6 Å². The molecule has 1 unspecified atom stereocenters. The summed E-state index contributed by atoms with van der Waals surface area (Å²) in [4.78, 5) is 10.3. The normalized spacial score (nSPS) is 14.1. The van der Waals surface area contributed by atoms with E-state index in [0.29, 0.717) is 21.8 Å². The van der Waals surface area contributed by atoms with Crippen LogP contribution in [0.3, 0.4) is 0 Å². The first-order chi connectivity index (χ1) is 7.99. The van der Waals surface area contributed by atoms with E-state index in [-0.39, 0.29) is 0 Å². The Balaban J connectivity index is 2.77. The summed E-state index contributed by atoms with van der Waals surface area (Å²) in [6, 6.07) is 8.42. The lowest BCUT2D eigenvalue weighted by molar-refractivity contribution is 0.208. The molecule has 0 aliphatic carbocycles. The van der Waals surface area contributed by atoms with Crippen molar-refractivity contribution >= 4 is 31.2 Å². The van der Waals surface area contributed by atoms with Crippen LogP contribution in [0.1, 0.15) is 0 Å². The number of carbonyl (C=O) groups excluding carboxylic acids is 1. The standard InChI is InChI=1S/C9H12FN2O3PS/c1-11-16(14,8-6-4-3-5-7-8)15-17-12(2)9(10)13/h3-7H,1-2H3,(H,11,14). The van der Waals surface area contributed by atoms with Gasteiger partial charge in [0.25, 0.3) is 0 Å². The smallest absolute Gasteiger partial charge is 0.268 e. The Kier molecular flexibility index (Phi) is 5.14. The van der Waals surface area contributed by atoms with Gasteiger partial charge in [-0.1, -0.05) is 18.2 Å². The number of benzene rings is 1. The Labute approximate surface area is 103 Å². The Hall–Kier alpha value is -0.880. The lowest BCUT2D eigenvalue weighted by Gasteiger charge is -2.18. The molecular formula is C9H12FN2O3PS. The zero-order valence-electron chi connectivity index (χ0n) is 9.29. The maximum atomic E-state index is 12.3. The SMILES string of the molecule is CNP(=O)(OSN(C)C(=O)F)c1ccccc1. The van der Waals surface area contributed by atoms with Crippen LogP contribution < -0.4 is 10.4 Å². The van der Waals surface area contributed by atoms with E-state index in [1.165, 1.54) is 14.1 Å². The van der Waals surface area contributed by atoms with Crippen molar-refractivity contribution in [2.45, 2.75) is 0 Å². The fourth-order valence-corrected chi connectivity index (χ4v) is 3.26. The van der Waals surface area contributed by atoms with E-state index in [2.05, 4.69) is 5.09 Å². The molecule has 0 radical (unpaired) electrons. The van der Waals surface area contributed by atoms with Crippen molar-refractivity contribution in [3.05, 3.63) is 30.3 Å².